The smallest absolute Gasteiger partial charge is 0.0743 e. The standard InChI is InChI=1S/C8H20N2O/c1-4-8(2,11)7-10(3)6-5-9/h11H,4-7,9H2,1-3H3. The number of nitrogens with zero attached hydrogens (tertiary/aromatic N) is 1. The maximum atomic E-state index is 9.64. The van der Waals surface area contributed by atoms with Crippen LogP contribution in [0.1, 0.15) is 20.3 Å². The fraction of sp³-hybridized carbons (Fsp3) is 1.00. The summed E-state index contributed by atoms with van der Waals surface area (Å²) in [5, 5.41) is 9.64. The molecule has 0 aliphatic rings. The largest absolute Gasteiger partial charge is 0.389 e. The summed E-state index contributed by atoms with van der Waals surface area (Å²) in [6, 6.07) is 0. The Bertz CT molecular complexity index is 104. The van der Waals surface area contributed by atoms with Crippen molar-refractivity contribution in [2.24, 2.45) is 5.73 Å². The molecule has 0 aromatic carbocycles. The zero-order chi connectivity index (χ0) is 8.91. The van der Waals surface area contributed by atoms with Gasteiger partial charge in [-0.05, 0) is 20.4 Å². The lowest BCUT2D eigenvalue weighted by molar-refractivity contribution is 0.0245. The van der Waals surface area contributed by atoms with Gasteiger partial charge in [0.1, 0.15) is 0 Å². The van der Waals surface area contributed by atoms with E-state index in [1.54, 1.807) is 0 Å². The molecule has 3 nitrogen and oxygen atoms in total. The van der Waals surface area contributed by atoms with Crippen molar-refractivity contribution in [1.82, 2.24) is 4.90 Å². The molecule has 0 bridgehead atoms. The molecule has 0 saturated carbocycles. The lowest BCUT2D eigenvalue weighted by atomic mass is 10.0. The van der Waals surface area contributed by atoms with Crippen molar-refractivity contribution in [3.05, 3.63) is 0 Å². The van der Waals surface area contributed by atoms with Crippen LogP contribution in [0.25, 0.3) is 0 Å². The van der Waals surface area contributed by atoms with Crippen LogP contribution in [0, 0.1) is 0 Å². The van der Waals surface area contributed by atoms with E-state index in [1.807, 2.05) is 25.8 Å². The van der Waals surface area contributed by atoms with Crippen molar-refractivity contribution in [2.75, 3.05) is 26.7 Å². The van der Waals surface area contributed by atoms with Crippen LogP contribution in [0.2, 0.25) is 0 Å². The summed E-state index contributed by atoms with van der Waals surface area (Å²) in [4.78, 5) is 2.05. The molecular weight excluding hydrogens is 140 g/mol. The summed E-state index contributed by atoms with van der Waals surface area (Å²) in [5.74, 6) is 0. The molecule has 0 rings (SSSR count). The second-order valence-corrected chi connectivity index (χ2v) is 3.38. The molecule has 0 amide bonds. The zero-order valence-corrected chi connectivity index (χ0v) is 7.80. The molecule has 3 N–H and O–H groups in total. The Balaban J connectivity index is 3.64. The van der Waals surface area contributed by atoms with Gasteiger partial charge in [0.05, 0.1) is 5.60 Å². The van der Waals surface area contributed by atoms with Crippen LogP contribution in [0.4, 0.5) is 0 Å². The number of nitrogens with two attached hydrogens (primary N) is 1. The molecule has 1 atom stereocenters. The first kappa shape index (κ1) is 10.9. The van der Waals surface area contributed by atoms with E-state index in [4.69, 9.17) is 5.73 Å². The predicted molar refractivity (Wildman–Crippen MR) is 47.5 cm³/mol. The van der Waals surface area contributed by atoms with Gasteiger partial charge in [0.15, 0.2) is 0 Å². The van der Waals surface area contributed by atoms with Crippen molar-refractivity contribution in [3.8, 4) is 0 Å². The zero-order valence-electron chi connectivity index (χ0n) is 7.80. The normalized spacial score (nSPS) is 16.9. The Morgan fingerprint density at radius 1 is 1.55 bits per heavy atom. The van der Waals surface area contributed by atoms with Crippen molar-refractivity contribution in [3.63, 3.8) is 0 Å². The topological polar surface area (TPSA) is 49.5 Å². The molecule has 0 spiro atoms. The highest BCUT2D eigenvalue weighted by atomic mass is 16.3. The van der Waals surface area contributed by atoms with Crippen LogP contribution in [-0.4, -0.2) is 42.3 Å². The predicted octanol–water partition coefficient (Wildman–Crippen LogP) is 0.0379. The first-order valence-electron chi connectivity index (χ1n) is 4.13. The van der Waals surface area contributed by atoms with Crippen LogP contribution in [0.15, 0.2) is 0 Å². The molecule has 0 aromatic rings. The van der Waals surface area contributed by atoms with E-state index in [-0.39, 0.29) is 0 Å². The Labute approximate surface area is 69.2 Å². The number of hydrogen-bond acceptors (Lipinski definition) is 3. The molecule has 3 heteroatoms. The van der Waals surface area contributed by atoms with Gasteiger partial charge in [0.25, 0.3) is 0 Å². The van der Waals surface area contributed by atoms with Gasteiger partial charge in [-0.2, -0.15) is 0 Å². The van der Waals surface area contributed by atoms with Crippen molar-refractivity contribution >= 4 is 0 Å². The van der Waals surface area contributed by atoms with E-state index in [9.17, 15) is 5.11 Å². The molecule has 0 fully saturated rings. The first-order chi connectivity index (χ1) is 5.02. The summed E-state index contributed by atoms with van der Waals surface area (Å²) in [5.41, 5.74) is 4.80. The van der Waals surface area contributed by atoms with Crippen LogP contribution in [-0.2, 0) is 0 Å². The minimum absolute atomic E-state index is 0.566. The number of hydrogen-bond donors (Lipinski definition) is 2. The SMILES string of the molecule is CCC(C)(O)CN(C)CCN. The lowest BCUT2D eigenvalue weighted by Crippen LogP contribution is -2.40. The second-order valence-electron chi connectivity index (χ2n) is 3.38. The van der Waals surface area contributed by atoms with Gasteiger partial charge in [-0.15, -0.1) is 0 Å². The maximum Gasteiger partial charge on any atom is 0.0743 e. The summed E-state index contributed by atoms with van der Waals surface area (Å²) in [6.07, 6.45) is 0.780. The Kier molecular flexibility index (Phi) is 4.65. The van der Waals surface area contributed by atoms with E-state index in [2.05, 4.69) is 0 Å². The highest BCUT2D eigenvalue weighted by Crippen LogP contribution is 2.08. The highest BCUT2D eigenvalue weighted by Gasteiger charge is 2.18. The van der Waals surface area contributed by atoms with Crippen molar-refractivity contribution < 1.29 is 5.11 Å². The minimum atomic E-state index is -0.566. The van der Waals surface area contributed by atoms with E-state index < -0.39 is 5.60 Å². The third-order valence-corrected chi connectivity index (χ3v) is 1.88. The second kappa shape index (κ2) is 4.70. The summed E-state index contributed by atoms with van der Waals surface area (Å²) >= 11 is 0. The number of rotatable bonds is 5. The van der Waals surface area contributed by atoms with Crippen LogP contribution >= 0.6 is 0 Å². The van der Waals surface area contributed by atoms with Crippen molar-refractivity contribution in [1.29, 1.82) is 0 Å². The van der Waals surface area contributed by atoms with Crippen LogP contribution < -0.4 is 5.73 Å². The molecule has 0 aromatic heterocycles. The fourth-order valence-electron chi connectivity index (χ4n) is 0.993. The summed E-state index contributed by atoms with van der Waals surface area (Å²) in [7, 11) is 1.97. The third-order valence-electron chi connectivity index (χ3n) is 1.88. The van der Waals surface area contributed by atoms with Crippen LogP contribution in [0.5, 0.6) is 0 Å². The monoisotopic (exact) mass is 160 g/mol. The van der Waals surface area contributed by atoms with Crippen LogP contribution in [0.3, 0.4) is 0 Å². The molecular formula is C8H20N2O. The molecule has 0 heterocycles. The fourth-order valence-corrected chi connectivity index (χ4v) is 0.993. The Morgan fingerprint density at radius 3 is 2.45 bits per heavy atom. The van der Waals surface area contributed by atoms with Gasteiger partial charge in [0, 0.05) is 19.6 Å². The van der Waals surface area contributed by atoms with E-state index >= 15 is 0 Å². The summed E-state index contributed by atoms with van der Waals surface area (Å²) < 4.78 is 0. The van der Waals surface area contributed by atoms with E-state index in [0.29, 0.717) is 13.1 Å². The van der Waals surface area contributed by atoms with Gasteiger partial charge in [-0.3, -0.25) is 0 Å². The molecule has 0 saturated heterocycles. The molecule has 0 aliphatic heterocycles. The highest BCUT2D eigenvalue weighted by molar-refractivity contribution is 4.73. The van der Waals surface area contributed by atoms with Gasteiger partial charge in [-0.25, -0.2) is 0 Å². The third kappa shape index (κ3) is 5.18. The number of aliphatic hydroxyl groups is 1. The molecule has 1 unspecified atom stereocenters. The number of likely N-dealkylation sites (N-methyl/N-ethyl adjacent to an activating group) is 1. The van der Waals surface area contributed by atoms with E-state index in [1.165, 1.54) is 0 Å². The van der Waals surface area contributed by atoms with Gasteiger partial charge in [-0.1, -0.05) is 6.92 Å². The van der Waals surface area contributed by atoms with Gasteiger partial charge >= 0.3 is 0 Å². The quantitative estimate of drug-likeness (QED) is 0.597. The van der Waals surface area contributed by atoms with Crippen molar-refractivity contribution in [2.45, 2.75) is 25.9 Å². The molecule has 0 aliphatic carbocycles. The maximum absolute atomic E-state index is 9.64. The molecule has 11 heavy (non-hydrogen) atoms. The minimum Gasteiger partial charge on any atom is -0.389 e. The lowest BCUT2D eigenvalue weighted by Gasteiger charge is -2.27. The van der Waals surface area contributed by atoms with E-state index in [0.717, 1.165) is 13.0 Å². The Hall–Kier alpha value is -0.120. The van der Waals surface area contributed by atoms with Gasteiger partial charge < -0.3 is 15.7 Å². The Morgan fingerprint density at radius 2 is 2.09 bits per heavy atom. The molecule has 68 valence electrons. The molecule has 0 radical (unpaired) electrons. The average molecular weight is 160 g/mol. The van der Waals surface area contributed by atoms with Gasteiger partial charge in [0.2, 0.25) is 0 Å². The average Bonchev–Trinajstić information content (AvgIpc) is 1.87. The summed E-state index contributed by atoms with van der Waals surface area (Å²) in [6.45, 7) is 6.02. The first-order valence-corrected chi connectivity index (χ1v) is 4.13.